The quantitative estimate of drug-likeness (QED) is 0.843. The fourth-order valence-electron chi connectivity index (χ4n) is 2.83. The first-order valence-corrected chi connectivity index (χ1v) is 9.99. The van der Waals surface area contributed by atoms with E-state index in [1.54, 1.807) is 24.3 Å². The third-order valence-corrected chi connectivity index (χ3v) is 6.37. The Morgan fingerprint density at radius 1 is 1.12 bits per heavy atom. The number of hydrogen-bond donors (Lipinski definition) is 1. The average Bonchev–Trinajstić information content (AvgIpc) is 3.18. The van der Waals surface area contributed by atoms with E-state index in [1.165, 1.54) is 29.6 Å². The zero-order valence-corrected chi connectivity index (χ0v) is 15.8. The van der Waals surface area contributed by atoms with Gasteiger partial charge in [0.1, 0.15) is 5.75 Å². The van der Waals surface area contributed by atoms with Crippen molar-refractivity contribution in [1.82, 2.24) is 4.31 Å². The van der Waals surface area contributed by atoms with Gasteiger partial charge in [-0.05, 0) is 55.3 Å². The van der Waals surface area contributed by atoms with E-state index in [1.807, 2.05) is 0 Å². The third-order valence-electron chi connectivity index (χ3n) is 4.22. The van der Waals surface area contributed by atoms with Crippen molar-refractivity contribution >= 4 is 33.2 Å². The van der Waals surface area contributed by atoms with E-state index in [0.717, 1.165) is 12.8 Å². The Labute approximate surface area is 157 Å². The Kier molecular flexibility index (Phi) is 5.50. The van der Waals surface area contributed by atoms with Crippen molar-refractivity contribution in [2.24, 2.45) is 0 Å². The van der Waals surface area contributed by atoms with Crippen molar-refractivity contribution in [3.05, 3.63) is 53.1 Å². The maximum atomic E-state index is 12.7. The summed E-state index contributed by atoms with van der Waals surface area (Å²) >= 11 is 5.84. The molecule has 1 aliphatic heterocycles. The fourth-order valence-corrected chi connectivity index (χ4v) is 4.50. The molecule has 6 nitrogen and oxygen atoms in total. The van der Waals surface area contributed by atoms with Gasteiger partial charge in [-0.1, -0.05) is 11.6 Å². The molecule has 0 atom stereocenters. The number of anilines is 1. The molecule has 3 rings (SSSR count). The van der Waals surface area contributed by atoms with Crippen LogP contribution in [0.5, 0.6) is 5.75 Å². The highest BCUT2D eigenvalue weighted by Crippen LogP contribution is 2.27. The Balaban J connectivity index is 1.92. The molecule has 0 saturated carbocycles. The molecule has 2 aromatic carbocycles. The van der Waals surface area contributed by atoms with Crippen molar-refractivity contribution in [2.45, 2.75) is 17.7 Å². The zero-order valence-electron chi connectivity index (χ0n) is 14.2. The summed E-state index contributed by atoms with van der Waals surface area (Å²) in [5.74, 6) is -0.153. The van der Waals surface area contributed by atoms with Crippen molar-refractivity contribution in [1.29, 1.82) is 0 Å². The molecular weight excluding hydrogens is 376 g/mol. The first-order chi connectivity index (χ1) is 12.4. The Morgan fingerprint density at radius 2 is 1.77 bits per heavy atom. The summed E-state index contributed by atoms with van der Waals surface area (Å²) < 4.78 is 32.2. The molecule has 0 aromatic heterocycles. The van der Waals surface area contributed by atoms with E-state index >= 15 is 0 Å². The molecule has 0 aliphatic carbocycles. The molecule has 8 heteroatoms. The highest BCUT2D eigenvalue weighted by atomic mass is 35.5. The number of amides is 1. The average molecular weight is 395 g/mol. The summed E-state index contributed by atoms with van der Waals surface area (Å²) in [6, 6.07) is 11.0. The van der Waals surface area contributed by atoms with Crippen LogP contribution in [0.3, 0.4) is 0 Å². The Hall–Kier alpha value is -2.09. The molecule has 1 heterocycles. The molecule has 0 spiro atoms. The van der Waals surface area contributed by atoms with Crippen LogP contribution < -0.4 is 10.1 Å². The van der Waals surface area contributed by atoms with Gasteiger partial charge in [0.25, 0.3) is 5.91 Å². The number of carbonyl (C=O) groups excluding carboxylic acids is 1. The van der Waals surface area contributed by atoms with Crippen LogP contribution in [-0.4, -0.2) is 38.8 Å². The van der Waals surface area contributed by atoms with E-state index in [2.05, 4.69) is 5.32 Å². The molecule has 1 aliphatic rings. The van der Waals surface area contributed by atoms with Crippen molar-refractivity contribution in [3.63, 3.8) is 0 Å². The number of nitrogens with one attached hydrogen (secondary N) is 1. The maximum Gasteiger partial charge on any atom is 0.259 e. The van der Waals surface area contributed by atoms with E-state index in [9.17, 15) is 13.2 Å². The molecule has 1 amide bonds. The minimum atomic E-state index is -3.62. The number of benzene rings is 2. The standard InChI is InChI=1S/C18H19ClN2O4S/c1-25-17-9-8-15(26(23,24)21-10-2-3-11-21)12-16(17)18(22)20-14-6-4-13(19)5-7-14/h4-9,12H,2-3,10-11H2,1H3,(H,20,22). The minimum absolute atomic E-state index is 0.0847. The number of sulfonamides is 1. The molecule has 26 heavy (non-hydrogen) atoms. The lowest BCUT2D eigenvalue weighted by atomic mass is 10.2. The third kappa shape index (κ3) is 3.85. The molecule has 1 saturated heterocycles. The van der Waals surface area contributed by atoms with Crippen LogP contribution in [0.25, 0.3) is 0 Å². The number of hydrogen-bond acceptors (Lipinski definition) is 4. The summed E-state index contributed by atoms with van der Waals surface area (Å²) in [4.78, 5) is 12.7. The molecule has 0 bridgehead atoms. The molecule has 0 unspecified atom stereocenters. The second-order valence-electron chi connectivity index (χ2n) is 5.93. The number of halogens is 1. The van der Waals surface area contributed by atoms with Crippen molar-refractivity contribution < 1.29 is 17.9 Å². The van der Waals surface area contributed by atoms with Crippen LogP contribution in [0.15, 0.2) is 47.4 Å². The summed E-state index contributed by atoms with van der Waals surface area (Å²) in [6.45, 7) is 1.00. The summed E-state index contributed by atoms with van der Waals surface area (Å²) in [5, 5.41) is 3.28. The number of rotatable bonds is 5. The minimum Gasteiger partial charge on any atom is -0.496 e. The SMILES string of the molecule is COc1ccc(S(=O)(=O)N2CCCC2)cc1C(=O)Nc1ccc(Cl)cc1. The Morgan fingerprint density at radius 3 is 2.38 bits per heavy atom. The van der Waals surface area contributed by atoms with Crippen LogP contribution >= 0.6 is 11.6 Å². The van der Waals surface area contributed by atoms with Gasteiger partial charge >= 0.3 is 0 Å². The lowest BCUT2D eigenvalue weighted by Crippen LogP contribution is -2.28. The summed E-state index contributed by atoms with van der Waals surface area (Å²) in [5.41, 5.74) is 0.706. The highest BCUT2D eigenvalue weighted by Gasteiger charge is 2.28. The number of methoxy groups -OCH3 is 1. The van der Waals surface area contributed by atoms with Gasteiger partial charge in [-0.25, -0.2) is 8.42 Å². The second-order valence-corrected chi connectivity index (χ2v) is 8.31. The first-order valence-electron chi connectivity index (χ1n) is 8.17. The molecule has 1 fully saturated rings. The van der Waals surface area contributed by atoms with Crippen LogP contribution in [0, 0.1) is 0 Å². The maximum absolute atomic E-state index is 12.7. The zero-order chi connectivity index (χ0) is 18.7. The first kappa shape index (κ1) is 18.7. The molecule has 0 radical (unpaired) electrons. The van der Waals surface area contributed by atoms with E-state index in [-0.39, 0.29) is 10.5 Å². The van der Waals surface area contributed by atoms with Crippen molar-refractivity contribution in [2.75, 3.05) is 25.5 Å². The highest BCUT2D eigenvalue weighted by molar-refractivity contribution is 7.89. The Bertz CT molecular complexity index is 907. The van der Waals surface area contributed by atoms with E-state index in [0.29, 0.717) is 29.5 Å². The molecule has 138 valence electrons. The van der Waals surface area contributed by atoms with Gasteiger partial charge < -0.3 is 10.1 Å². The topological polar surface area (TPSA) is 75.7 Å². The second kappa shape index (κ2) is 7.65. The van der Waals surface area contributed by atoms with Crippen LogP contribution in [0.4, 0.5) is 5.69 Å². The predicted molar refractivity (Wildman–Crippen MR) is 100 cm³/mol. The van der Waals surface area contributed by atoms with Crippen LogP contribution in [0.2, 0.25) is 5.02 Å². The fraction of sp³-hybridized carbons (Fsp3) is 0.278. The molecule has 1 N–H and O–H groups in total. The monoisotopic (exact) mass is 394 g/mol. The summed E-state index contributed by atoms with van der Waals surface area (Å²) in [7, 11) is -2.18. The van der Waals surface area contributed by atoms with Gasteiger partial charge in [-0.2, -0.15) is 4.31 Å². The molecular formula is C18H19ClN2O4S. The lowest BCUT2D eigenvalue weighted by molar-refractivity contribution is 0.102. The van der Waals surface area contributed by atoms with Gasteiger partial charge in [0.2, 0.25) is 10.0 Å². The van der Waals surface area contributed by atoms with Gasteiger partial charge in [0, 0.05) is 23.8 Å². The predicted octanol–water partition coefficient (Wildman–Crippen LogP) is 3.39. The number of nitrogens with zero attached hydrogens (tertiary/aromatic N) is 1. The normalized spacial score (nSPS) is 15.0. The van der Waals surface area contributed by atoms with Crippen LogP contribution in [0.1, 0.15) is 23.2 Å². The summed E-state index contributed by atoms with van der Waals surface area (Å²) in [6.07, 6.45) is 1.69. The molecule has 2 aromatic rings. The van der Waals surface area contributed by atoms with Gasteiger partial charge in [-0.3, -0.25) is 4.79 Å². The largest absolute Gasteiger partial charge is 0.496 e. The lowest BCUT2D eigenvalue weighted by Gasteiger charge is -2.17. The smallest absolute Gasteiger partial charge is 0.259 e. The van der Waals surface area contributed by atoms with Gasteiger partial charge in [0.05, 0.1) is 17.6 Å². The van der Waals surface area contributed by atoms with Gasteiger partial charge in [0.15, 0.2) is 0 Å². The van der Waals surface area contributed by atoms with Crippen molar-refractivity contribution in [3.8, 4) is 5.75 Å². The van der Waals surface area contributed by atoms with E-state index in [4.69, 9.17) is 16.3 Å². The van der Waals surface area contributed by atoms with E-state index < -0.39 is 15.9 Å². The number of ether oxygens (including phenoxy) is 1. The van der Waals surface area contributed by atoms with Gasteiger partial charge in [-0.15, -0.1) is 0 Å². The number of carbonyl (C=O) groups is 1. The van der Waals surface area contributed by atoms with Crippen LogP contribution in [-0.2, 0) is 10.0 Å².